The van der Waals surface area contributed by atoms with Crippen LogP contribution in [0.3, 0.4) is 0 Å². The molecule has 0 saturated carbocycles. The number of rotatable bonds is 3. The summed E-state index contributed by atoms with van der Waals surface area (Å²) >= 11 is 1.54. The Morgan fingerprint density at radius 3 is 3.29 bits per heavy atom. The summed E-state index contributed by atoms with van der Waals surface area (Å²) in [5, 5.41) is 8.51. The van der Waals surface area contributed by atoms with Gasteiger partial charge in [-0.15, -0.1) is 11.3 Å². The zero-order valence-corrected chi connectivity index (χ0v) is 11.1. The van der Waals surface area contributed by atoms with Gasteiger partial charge in [0, 0.05) is 12.6 Å². The van der Waals surface area contributed by atoms with E-state index >= 15 is 0 Å². The lowest BCUT2D eigenvalue weighted by molar-refractivity contribution is 0.0939. The normalized spacial score (nSPS) is 20.9. The highest BCUT2D eigenvalue weighted by atomic mass is 32.1. The molecule has 1 aromatic rings. The van der Waals surface area contributed by atoms with Crippen LogP contribution in [0.15, 0.2) is 11.4 Å². The highest BCUT2D eigenvalue weighted by Gasteiger charge is 2.17. The molecular weight excluding hydrogens is 232 g/mol. The minimum atomic E-state index is 0.102. The average Bonchev–Trinajstić information content (AvgIpc) is 2.68. The van der Waals surface area contributed by atoms with Gasteiger partial charge in [-0.2, -0.15) is 0 Å². The molecule has 1 unspecified atom stereocenters. The number of amides is 1. The molecule has 0 radical (unpaired) electrons. The molecule has 2 rings (SSSR count). The topological polar surface area (TPSA) is 41.1 Å². The Labute approximate surface area is 107 Å². The number of nitrogens with one attached hydrogen (secondary N) is 2. The average molecular weight is 252 g/mol. The first-order valence-corrected chi connectivity index (χ1v) is 7.27. The molecule has 3 nitrogen and oxygen atoms in total. The number of carbonyl (C=O) groups is 1. The third-order valence-electron chi connectivity index (χ3n) is 3.22. The fourth-order valence-corrected chi connectivity index (χ4v) is 3.10. The second-order valence-corrected chi connectivity index (χ2v) is 5.41. The van der Waals surface area contributed by atoms with Gasteiger partial charge >= 0.3 is 0 Å². The number of aryl methyl sites for hydroxylation is 1. The summed E-state index contributed by atoms with van der Waals surface area (Å²) in [6.07, 6.45) is 4.43. The van der Waals surface area contributed by atoms with Gasteiger partial charge in [0.15, 0.2) is 0 Å². The van der Waals surface area contributed by atoms with E-state index in [0.29, 0.717) is 0 Å². The van der Waals surface area contributed by atoms with Crippen LogP contribution in [0.2, 0.25) is 0 Å². The van der Waals surface area contributed by atoms with E-state index in [9.17, 15) is 4.79 Å². The predicted octanol–water partition coefficient (Wildman–Crippen LogP) is 2.18. The molecule has 1 aliphatic rings. The van der Waals surface area contributed by atoms with Crippen LogP contribution in [0.1, 0.15) is 41.4 Å². The van der Waals surface area contributed by atoms with Crippen molar-refractivity contribution in [2.24, 2.45) is 0 Å². The number of hydrogen-bond donors (Lipinski definition) is 2. The van der Waals surface area contributed by atoms with Crippen LogP contribution in [0.4, 0.5) is 0 Å². The van der Waals surface area contributed by atoms with Crippen LogP contribution in [-0.4, -0.2) is 25.0 Å². The van der Waals surface area contributed by atoms with Gasteiger partial charge in [-0.1, -0.05) is 13.3 Å². The minimum Gasteiger partial charge on any atom is -0.347 e. The molecule has 1 fully saturated rings. The van der Waals surface area contributed by atoms with Crippen molar-refractivity contribution >= 4 is 17.2 Å². The summed E-state index contributed by atoms with van der Waals surface area (Å²) in [4.78, 5) is 13.0. The lowest BCUT2D eigenvalue weighted by atomic mass is 10.1. The first kappa shape index (κ1) is 12.6. The molecule has 1 atom stereocenters. The van der Waals surface area contributed by atoms with E-state index in [2.05, 4.69) is 17.6 Å². The van der Waals surface area contributed by atoms with Crippen molar-refractivity contribution < 1.29 is 4.79 Å². The smallest absolute Gasteiger partial charge is 0.261 e. The second-order valence-electron chi connectivity index (χ2n) is 4.50. The van der Waals surface area contributed by atoms with E-state index in [1.54, 1.807) is 11.3 Å². The molecule has 1 aromatic heterocycles. The van der Waals surface area contributed by atoms with Crippen molar-refractivity contribution in [3.63, 3.8) is 0 Å². The molecule has 2 N–H and O–H groups in total. The maximum Gasteiger partial charge on any atom is 0.261 e. The molecule has 17 heavy (non-hydrogen) atoms. The monoisotopic (exact) mass is 252 g/mol. The number of thiophene rings is 1. The first-order chi connectivity index (χ1) is 8.31. The van der Waals surface area contributed by atoms with Crippen LogP contribution in [0, 0.1) is 0 Å². The molecule has 1 amide bonds. The first-order valence-electron chi connectivity index (χ1n) is 6.39. The molecule has 94 valence electrons. The molecule has 0 aliphatic carbocycles. The molecule has 2 heterocycles. The molecule has 4 heteroatoms. The van der Waals surface area contributed by atoms with Crippen LogP contribution in [-0.2, 0) is 6.42 Å². The second kappa shape index (κ2) is 6.17. The Bertz CT molecular complexity index is 367. The fraction of sp³-hybridized carbons (Fsp3) is 0.615. The highest BCUT2D eigenvalue weighted by molar-refractivity contribution is 7.12. The van der Waals surface area contributed by atoms with E-state index in [-0.39, 0.29) is 11.9 Å². The van der Waals surface area contributed by atoms with E-state index in [1.807, 2.05) is 11.4 Å². The van der Waals surface area contributed by atoms with Crippen molar-refractivity contribution in [1.29, 1.82) is 0 Å². The standard InChI is InChI=1S/C13H20N2OS/c1-2-10-6-8-17-12(10)13(16)15-11-5-3-4-7-14-9-11/h6,8,11,14H,2-5,7,9H2,1H3,(H,15,16). The van der Waals surface area contributed by atoms with Crippen molar-refractivity contribution in [3.05, 3.63) is 21.9 Å². The number of carbonyl (C=O) groups excluding carboxylic acids is 1. The third kappa shape index (κ3) is 3.30. The minimum absolute atomic E-state index is 0.102. The molecule has 1 aliphatic heterocycles. The Kier molecular flexibility index (Phi) is 4.57. The van der Waals surface area contributed by atoms with Gasteiger partial charge in [0.2, 0.25) is 0 Å². The van der Waals surface area contributed by atoms with E-state index in [4.69, 9.17) is 0 Å². The lowest BCUT2D eigenvalue weighted by Gasteiger charge is -2.16. The summed E-state index contributed by atoms with van der Waals surface area (Å²) < 4.78 is 0. The van der Waals surface area contributed by atoms with Crippen molar-refractivity contribution in [2.75, 3.05) is 13.1 Å². The van der Waals surface area contributed by atoms with Crippen LogP contribution in [0.5, 0.6) is 0 Å². The predicted molar refractivity (Wildman–Crippen MR) is 71.7 cm³/mol. The maximum absolute atomic E-state index is 12.1. The Balaban J connectivity index is 1.96. The summed E-state index contributed by atoms with van der Waals surface area (Å²) in [6.45, 7) is 4.07. The Morgan fingerprint density at radius 2 is 2.47 bits per heavy atom. The van der Waals surface area contributed by atoms with Gasteiger partial charge in [0.1, 0.15) is 0 Å². The maximum atomic E-state index is 12.1. The van der Waals surface area contributed by atoms with Gasteiger partial charge in [0.05, 0.1) is 4.88 Å². The van der Waals surface area contributed by atoms with Crippen molar-refractivity contribution in [2.45, 2.75) is 38.6 Å². The third-order valence-corrected chi connectivity index (χ3v) is 4.17. The molecule has 1 saturated heterocycles. The van der Waals surface area contributed by atoms with Gasteiger partial charge in [0.25, 0.3) is 5.91 Å². The van der Waals surface area contributed by atoms with E-state index in [1.165, 1.54) is 12.8 Å². The molecule has 0 spiro atoms. The lowest BCUT2D eigenvalue weighted by Crippen LogP contribution is -2.40. The summed E-state index contributed by atoms with van der Waals surface area (Å²) in [7, 11) is 0. The highest BCUT2D eigenvalue weighted by Crippen LogP contribution is 2.17. The molecule has 0 bridgehead atoms. The summed E-state index contributed by atoms with van der Waals surface area (Å²) in [5.41, 5.74) is 1.16. The Hall–Kier alpha value is -0.870. The van der Waals surface area contributed by atoms with Crippen molar-refractivity contribution in [1.82, 2.24) is 10.6 Å². The fourth-order valence-electron chi connectivity index (χ4n) is 2.21. The van der Waals surface area contributed by atoms with E-state index in [0.717, 1.165) is 36.4 Å². The van der Waals surface area contributed by atoms with Crippen molar-refractivity contribution in [3.8, 4) is 0 Å². The van der Waals surface area contributed by atoms with Crippen LogP contribution in [0.25, 0.3) is 0 Å². The SMILES string of the molecule is CCc1ccsc1C(=O)NC1CCCCNC1. The van der Waals surface area contributed by atoms with Gasteiger partial charge in [-0.3, -0.25) is 4.79 Å². The van der Waals surface area contributed by atoms with Crippen LogP contribution >= 0.6 is 11.3 Å². The zero-order valence-electron chi connectivity index (χ0n) is 10.3. The number of hydrogen-bond acceptors (Lipinski definition) is 3. The largest absolute Gasteiger partial charge is 0.347 e. The zero-order chi connectivity index (χ0) is 12.1. The summed E-state index contributed by atoms with van der Waals surface area (Å²) in [5.74, 6) is 0.102. The quantitative estimate of drug-likeness (QED) is 0.865. The van der Waals surface area contributed by atoms with Gasteiger partial charge in [-0.25, -0.2) is 0 Å². The Morgan fingerprint density at radius 1 is 1.59 bits per heavy atom. The van der Waals surface area contributed by atoms with Gasteiger partial charge in [-0.05, 0) is 42.8 Å². The van der Waals surface area contributed by atoms with E-state index < -0.39 is 0 Å². The molecule has 0 aromatic carbocycles. The van der Waals surface area contributed by atoms with Crippen LogP contribution < -0.4 is 10.6 Å². The summed E-state index contributed by atoms with van der Waals surface area (Å²) in [6, 6.07) is 2.34. The molecular formula is C13H20N2OS. The van der Waals surface area contributed by atoms with Gasteiger partial charge < -0.3 is 10.6 Å².